The summed E-state index contributed by atoms with van der Waals surface area (Å²) in [7, 11) is 2.50. The van der Waals surface area contributed by atoms with E-state index in [-0.39, 0.29) is 71.8 Å². The van der Waals surface area contributed by atoms with Crippen molar-refractivity contribution in [1.82, 2.24) is 45.8 Å². The number of unbranched alkanes of at least 4 members (excludes halogenated alkanes) is 11. The number of amides is 2. The Hall–Kier alpha value is -4.46. The fraction of sp³-hybridized carbons (Fsp3) is 0.443. The second-order valence-electron chi connectivity index (χ2n) is 19.4. The Kier molecular flexibility index (Phi) is 45.2. The molecule has 19 nitrogen and oxygen atoms in total. The first kappa shape index (κ1) is 78.8. The molecule has 6 rings (SSSR count). The Morgan fingerprint density at radius 1 is 0.764 bits per heavy atom. The molecule has 1 aliphatic rings. The summed E-state index contributed by atoms with van der Waals surface area (Å²) in [5.74, 6) is 1.10. The van der Waals surface area contributed by atoms with Crippen molar-refractivity contribution in [2.24, 2.45) is 5.92 Å². The molecular weight excluding hydrogens is 1530 g/mol. The molecule has 0 aliphatic carbocycles. The topological polar surface area (TPSA) is 246 Å². The Morgan fingerprint density at radius 3 is 1.74 bits per heavy atom. The van der Waals surface area contributed by atoms with E-state index in [1.807, 2.05) is 49.0 Å². The van der Waals surface area contributed by atoms with Crippen molar-refractivity contribution in [3.05, 3.63) is 156 Å². The molecule has 0 spiro atoms. The van der Waals surface area contributed by atoms with E-state index in [1.165, 1.54) is 63.1 Å². The number of allylic oxidation sites excluding steroid dienone is 2. The number of nitrogens with one attached hydrogen (secondary N) is 7. The minimum absolute atomic E-state index is 0. The zero-order valence-electron chi connectivity index (χ0n) is 54.0. The number of thiocarbonyl (C=S) groups is 1. The fourth-order valence-electron chi connectivity index (χ4n) is 7.65. The minimum Gasteiger partial charge on any atom is -0.358 e. The predicted molar refractivity (Wildman–Crippen MR) is 368 cm³/mol. The van der Waals surface area contributed by atoms with Gasteiger partial charge in [0.15, 0.2) is 36.5 Å². The maximum Gasteiger partial charge on any atom is 0 e. The third-order valence-electron chi connectivity index (χ3n) is 12.1. The first-order valence-electron chi connectivity index (χ1n) is 29.9. The molecule has 5 aromatic rings. The number of nitrogens with zero attached hydrogens (tertiary/aromatic N) is 3. The van der Waals surface area contributed by atoms with Crippen LogP contribution in [0.4, 0.5) is 5.95 Å². The number of hydrogen-bond donors (Lipinski definition) is 7. The van der Waals surface area contributed by atoms with Crippen LogP contribution in [0.15, 0.2) is 102 Å². The fourth-order valence-corrected chi connectivity index (χ4v) is 10.6. The van der Waals surface area contributed by atoms with Crippen molar-refractivity contribution in [2.45, 2.75) is 128 Å². The third-order valence-corrected chi connectivity index (χ3v) is 15.2. The molecule has 1 aliphatic heterocycles. The number of hydrogen-bond acceptors (Lipinski definition) is 19. The quantitative estimate of drug-likeness (QED) is 0.00288. The molecule has 0 bridgehead atoms. The maximum absolute atomic E-state index is 11.7. The van der Waals surface area contributed by atoms with Gasteiger partial charge in [0.25, 0.3) is 5.56 Å². The number of carbonyl (C=O) groups is 3. The molecule has 0 unspecified atom stereocenters. The smallest absolute Gasteiger partial charge is 0 e. The Labute approximate surface area is 597 Å². The monoisotopic (exact) mass is 1620 g/mol. The van der Waals surface area contributed by atoms with Gasteiger partial charge in [0.1, 0.15) is 11.5 Å². The van der Waals surface area contributed by atoms with Crippen LogP contribution in [0, 0.1) is 62.7 Å². The van der Waals surface area contributed by atoms with E-state index in [1.54, 1.807) is 24.3 Å². The minimum atomic E-state index is -0.812. The molecule has 0 saturated carbocycles. The summed E-state index contributed by atoms with van der Waals surface area (Å²) in [5, 5.41) is 11.9. The summed E-state index contributed by atoms with van der Waals surface area (Å²) >= 11 is 27.3. The number of benzene rings is 2. The summed E-state index contributed by atoms with van der Waals surface area (Å²) in [5.41, 5.74) is 3.60. The van der Waals surface area contributed by atoms with E-state index in [0.717, 1.165) is 89.0 Å². The molecule has 487 valence electrons. The Balaban J connectivity index is 0.00000117. The van der Waals surface area contributed by atoms with Crippen LogP contribution in [0.3, 0.4) is 0 Å². The molecule has 7 N–H and O–H groups in total. The van der Waals surface area contributed by atoms with Gasteiger partial charge in [0.2, 0.25) is 22.5 Å². The van der Waals surface area contributed by atoms with Gasteiger partial charge in [-0.3, -0.25) is 24.5 Å². The van der Waals surface area contributed by atoms with Gasteiger partial charge in [-0.1, -0.05) is 168 Å². The maximum atomic E-state index is 11.7. The molecule has 2 aromatic carbocycles. The average molecular weight is 1620 g/mol. The normalized spacial score (nSPS) is 11.6. The van der Waals surface area contributed by atoms with Crippen molar-refractivity contribution in [3.63, 3.8) is 0 Å². The zero-order valence-corrected chi connectivity index (χ0v) is 62.3. The van der Waals surface area contributed by atoms with E-state index in [9.17, 15) is 19.2 Å². The first-order valence-corrected chi connectivity index (χ1v) is 32.2. The van der Waals surface area contributed by atoms with Crippen LogP contribution >= 0.6 is 84.2 Å². The Morgan fingerprint density at radius 2 is 1.27 bits per heavy atom. The molecular formula is C61H87N10O9S7UV-. The van der Waals surface area contributed by atoms with E-state index in [2.05, 4.69) is 116 Å². The summed E-state index contributed by atoms with van der Waals surface area (Å²) in [6.45, 7) is 24.3. The van der Waals surface area contributed by atoms with Crippen molar-refractivity contribution < 1.29 is 88.8 Å². The standard InChI is InChI=1S/C17H30N2O2S3.C15H18N4S2.C15H22N2O5S.C13H12N2O2S.CH3.U.V.2H/c1-15(2)21-14-20-12-10-8-6-4-3-5-7-9-11-13-23-17-19-18-16(22)24-17;1-3-9-19(13-16-14(20)18-15(21)17-13)10-12-7-5-11(4-2)6-8-12;1-11(2)22-10-20-7-5-3-4-6-8-21-14(19)12-9-16-15(23)17-13(12)18;1-2-8-3-5-9(6-4-8)7-10-11(16)14-13(18)15-12(10)17;;;;;/h1,3-14H2,2H3,(H,18,22);4-8H,2-3,9-10H2,1H3,(H2,16,17,18,20,21);9H,1,3-8,10H2,2H3,(H2,16,17,18,23);2-6,10H,1,7H2,(H2,14,15,16,17,18);1H3;;;;/q;;;;-1;;;;/i;;;;1T;;;1+2;1+1. The van der Waals surface area contributed by atoms with Gasteiger partial charge in [-0.2, -0.15) is 10.1 Å². The van der Waals surface area contributed by atoms with Crippen LogP contribution < -0.4 is 21.1 Å². The van der Waals surface area contributed by atoms with E-state index < -0.39 is 35.7 Å². The van der Waals surface area contributed by atoms with Crippen LogP contribution in [-0.2, 0) is 64.5 Å². The number of aromatic nitrogens is 7. The van der Waals surface area contributed by atoms with Crippen LogP contribution in [0.1, 0.15) is 145 Å². The molecule has 1 fully saturated rings. The van der Waals surface area contributed by atoms with Crippen molar-refractivity contribution in [1.29, 1.82) is 1.76 Å². The van der Waals surface area contributed by atoms with Gasteiger partial charge in [-0.15, -0.1) is 0 Å². The molecule has 3 aromatic heterocycles. The van der Waals surface area contributed by atoms with E-state index >= 15 is 0 Å². The number of H-pyrrole nitrogens is 5. The average Bonchev–Trinajstić information content (AvgIpc) is 1.26. The summed E-state index contributed by atoms with van der Waals surface area (Å²) in [6, 6.07) is 15.8. The molecule has 0 atom stereocenters. The van der Waals surface area contributed by atoms with Crippen LogP contribution in [0.5, 0.6) is 0 Å². The van der Waals surface area contributed by atoms with Gasteiger partial charge >= 0.3 is 26.0 Å². The van der Waals surface area contributed by atoms with E-state index in [0.29, 0.717) is 46.8 Å². The molecule has 28 heteroatoms. The van der Waals surface area contributed by atoms with Gasteiger partial charge in [0, 0.05) is 56.2 Å². The largest absolute Gasteiger partial charge is 0.358 e. The number of anilines is 1. The van der Waals surface area contributed by atoms with Gasteiger partial charge < -0.3 is 61.6 Å². The number of aromatic amines is 5. The van der Waals surface area contributed by atoms with Gasteiger partial charge in [0.05, 0.1) is 31.3 Å². The molecule has 89 heavy (non-hydrogen) atoms. The molecule has 4 heterocycles. The summed E-state index contributed by atoms with van der Waals surface area (Å²) in [4.78, 5) is 63.8. The second-order valence-corrected chi connectivity index (χ2v) is 24.0. The zero-order chi connectivity index (χ0) is 67.6. The van der Waals surface area contributed by atoms with Crippen molar-refractivity contribution in [2.75, 3.05) is 50.6 Å². The van der Waals surface area contributed by atoms with Gasteiger partial charge in [-0.05, 0) is 142 Å². The molecule has 0 radical (unpaired) electrons. The summed E-state index contributed by atoms with van der Waals surface area (Å²) < 4.78 is 46.2. The first-order chi connectivity index (χ1) is 43.8. The molecule has 1 saturated heterocycles. The SMILES string of the molecule is C=C(C)OCOCCCCCCCCCCCSc1n[nH]c(=S)s1.C=C(C)OCOCCCCCCOC(=O)c1c[nH]c(=S)[nH]c1=O.C=Cc1ccc(CC2C(=O)NC(=S)NC2=O)cc1.C=Cc1ccc(CN(CCC)c2nc(=S)[nH]c(=S)[nH]2)cc1.[2H][V][3H].[3H][CH2-].[U]. The Bertz CT molecular complexity index is 3200. The number of carbonyl (C=O) groups excluding carboxylic acids is 3. The van der Waals surface area contributed by atoms with Crippen LogP contribution in [0.2, 0.25) is 0 Å². The predicted octanol–water partition coefficient (Wildman–Crippen LogP) is 14.2. The second kappa shape index (κ2) is 51.1. The number of rotatable bonds is 36. The third kappa shape index (κ3) is 38.9. The van der Waals surface area contributed by atoms with Crippen LogP contribution in [0.25, 0.3) is 12.2 Å². The van der Waals surface area contributed by atoms with Crippen molar-refractivity contribution in [3.8, 4) is 0 Å². The number of thioether (sulfide) groups is 1. The van der Waals surface area contributed by atoms with Gasteiger partial charge in [-0.25, -0.2) is 6.17 Å². The number of esters is 1. The van der Waals surface area contributed by atoms with Crippen LogP contribution in [-0.4, -0.2) is 105 Å². The van der Waals surface area contributed by atoms with Crippen molar-refractivity contribution >= 4 is 125 Å². The summed E-state index contributed by atoms with van der Waals surface area (Å²) in [6.07, 6.45) is 21.4. The van der Waals surface area contributed by atoms with E-state index in [4.69, 9.17) is 87.9 Å². The number of ether oxygens (including phenoxy) is 5. The molecule has 2 amide bonds.